The Kier molecular flexibility index (Phi) is 6.86. The summed E-state index contributed by atoms with van der Waals surface area (Å²) in [6.45, 7) is 1.79. The van der Waals surface area contributed by atoms with Crippen molar-refractivity contribution in [2.75, 3.05) is 19.1 Å². The number of carbonyl (C=O) groups excluding carboxylic acids is 2. The predicted octanol–water partition coefficient (Wildman–Crippen LogP) is 5.07. The maximum atomic E-state index is 13.7. The highest BCUT2D eigenvalue weighted by Crippen LogP contribution is 2.32. The minimum Gasteiger partial charge on any atom is -0.497 e. The van der Waals surface area contributed by atoms with Gasteiger partial charge in [0, 0.05) is 17.7 Å². The number of para-hydroxylation sites is 1. The Balaban J connectivity index is 2.13. The number of Topliss-reactive ketones (excluding diaryl/α,β-unsaturated/α-hetero) is 1. The molecule has 3 aromatic carbocycles. The Morgan fingerprint density at radius 3 is 1.83 bits per heavy atom. The number of amides is 1. The zero-order valence-corrected chi connectivity index (χ0v) is 17.4. The van der Waals surface area contributed by atoms with Crippen molar-refractivity contribution in [1.82, 2.24) is 0 Å². The average Bonchev–Trinajstić information content (AvgIpc) is 2.82. The van der Waals surface area contributed by atoms with Gasteiger partial charge in [-0.15, -0.1) is 0 Å². The minimum absolute atomic E-state index is 0.135. The van der Waals surface area contributed by atoms with Gasteiger partial charge >= 0.3 is 0 Å². The summed E-state index contributed by atoms with van der Waals surface area (Å²) in [4.78, 5) is 28.3. The number of carbonyl (C=O) groups is 2. The van der Waals surface area contributed by atoms with Gasteiger partial charge in [-0.3, -0.25) is 14.5 Å². The lowest BCUT2D eigenvalue weighted by molar-refractivity contribution is -0.118. The number of hydrogen-bond donors (Lipinski definition) is 0. The van der Waals surface area contributed by atoms with E-state index in [-0.39, 0.29) is 18.1 Å². The van der Waals surface area contributed by atoms with E-state index in [1.807, 2.05) is 42.5 Å². The second-order valence-corrected chi connectivity index (χ2v) is 6.72. The van der Waals surface area contributed by atoms with E-state index in [1.54, 1.807) is 62.4 Å². The number of hydrogen-bond acceptors (Lipinski definition) is 4. The molecule has 0 aromatic heterocycles. The van der Waals surface area contributed by atoms with E-state index in [1.165, 1.54) is 0 Å². The maximum Gasteiger partial charge on any atom is 0.227 e. The van der Waals surface area contributed by atoms with Gasteiger partial charge in [0.1, 0.15) is 17.5 Å². The van der Waals surface area contributed by atoms with Crippen molar-refractivity contribution in [3.8, 4) is 11.5 Å². The third-order valence-corrected chi connectivity index (χ3v) is 4.92. The first-order valence-electron chi connectivity index (χ1n) is 9.78. The summed E-state index contributed by atoms with van der Waals surface area (Å²) in [6, 6.07) is 22.6. The molecule has 0 radical (unpaired) electrons. The van der Waals surface area contributed by atoms with Crippen LogP contribution >= 0.6 is 0 Å². The summed E-state index contributed by atoms with van der Waals surface area (Å²) in [5.74, 6) is 1.04. The number of methoxy groups -OCH3 is 2. The van der Waals surface area contributed by atoms with Crippen LogP contribution in [0.2, 0.25) is 0 Å². The van der Waals surface area contributed by atoms with Crippen LogP contribution in [0.5, 0.6) is 11.5 Å². The number of nitrogens with zero attached hydrogens (tertiary/aromatic N) is 1. The summed E-state index contributed by atoms with van der Waals surface area (Å²) < 4.78 is 10.5. The molecule has 1 amide bonds. The van der Waals surface area contributed by atoms with Gasteiger partial charge < -0.3 is 9.47 Å². The monoisotopic (exact) mass is 403 g/mol. The van der Waals surface area contributed by atoms with E-state index in [0.717, 1.165) is 0 Å². The van der Waals surface area contributed by atoms with Crippen molar-refractivity contribution in [3.63, 3.8) is 0 Å². The van der Waals surface area contributed by atoms with E-state index < -0.39 is 6.04 Å². The minimum atomic E-state index is -0.806. The highest BCUT2D eigenvalue weighted by atomic mass is 16.5. The summed E-state index contributed by atoms with van der Waals surface area (Å²) in [7, 11) is 3.17. The molecule has 5 nitrogen and oxygen atoms in total. The number of ether oxygens (including phenoxy) is 2. The molecule has 0 aliphatic heterocycles. The average molecular weight is 403 g/mol. The quantitative estimate of drug-likeness (QED) is 0.493. The second kappa shape index (κ2) is 9.74. The first-order valence-corrected chi connectivity index (χ1v) is 9.78. The highest BCUT2D eigenvalue weighted by Gasteiger charge is 2.32. The third-order valence-electron chi connectivity index (χ3n) is 4.92. The second-order valence-electron chi connectivity index (χ2n) is 6.72. The Morgan fingerprint density at radius 2 is 1.33 bits per heavy atom. The van der Waals surface area contributed by atoms with Crippen LogP contribution < -0.4 is 14.4 Å². The molecule has 0 aliphatic rings. The molecule has 0 bridgehead atoms. The van der Waals surface area contributed by atoms with Crippen LogP contribution in [0.15, 0.2) is 78.9 Å². The molecule has 0 saturated carbocycles. The maximum absolute atomic E-state index is 13.7. The number of ketones is 1. The van der Waals surface area contributed by atoms with Crippen LogP contribution in [0, 0.1) is 0 Å². The van der Waals surface area contributed by atoms with Crippen molar-refractivity contribution < 1.29 is 19.1 Å². The van der Waals surface area contributed by atoms with Crippen molar-refractivity contribution in [2.45, 2.75) is 19.4 Å². The molecule has 0 aliphatic carbocycles. The van der Waals surface area contributed by atoms with Crippen LogP contribution in [0.4, 0.5) is 5.69 Å². The van der Waals surface area contributed by atoms with Crippen molar-refractivity contribution in [2.24, 2.45) is 0 Å². The molecule has 1 atom stereocenters. The van der Waals surface area contributed by atoms with Crippen molar-refractivity contribution in [1.29, 1.82) is 0 Å². The third kappa shape index (κ3) is 4.51. The zero-order valence-electron chi connectivity index (χ0n) is 17.4. The van der Waals surface area contributed by atoms with E-state index in [0.29, 0.717) is 28.3 Å². The standard InChI is InChI=1S/C25H25NO4/c1-4-23(27)26(20-8-6-5-7-9-20)24(18-10-14-21(29-2)15-11-18)25(28)19-12-16-22(30-3)17-13-19/h5-17,24H,4H2,1-3H3. The van der Waals surface area contributed by atoms with Gasteiger partial charge in [0.2, 0.25) is 5.91 Å². The molecule has 0 heterocycles. The Labute approximate surface area is 176 Å². The van der Waals surface area contributed by atoms with Gasteiger partial charge in [0.15, 0.2) is 5.78 Å². The Morgan fingerprint density at radius 1 is 0.800 bits per heavy atom. The fourth-order valence-electron chi connectivity index (χ4n) is 3.31. The Bertz CT molecular complexity index is 982. The van der Waals surface area contributed by atoms with Gasteiger partial charge in [0.05, 0.1) is 14.2 Å². The molecular weight excluding hydrogens is 378 g/mol. The molecule has 3 aromatic rings. The van der Waals surface area contributed by atoms with E-state index in [9.17, 15) is 9.59 Å². The van der Waals surface area contributed by atoms with E-state index in [2.05, 4.69) is 0 Å². The van der Waals surface area contributed by atoms with Gasteiger partial charge in [-0.1, -0.05) is 37.3 Å². The number of rotatable bonds is 8. The molecule has 0 N–H and O–H groups in total. The molecule has 3 rings (SSSR count). The molecule has 1 unspecified atom stereocenters. The lowest BCUT2D eigenvalue weighted by atomic mass is 9.94. The molecule has 0 saturated heterocycles. The van der Waals surface area contributed by atoms with Crippen LogP contribution in [0.1, 0.15) is 35.3 Å². The molecule has 30 heavy (non-hydrogen) atoms. The van der Waals surface area contributed by atoms with Gasteiger partial charge in [-0.25, -0.2) is 0 Å². The van der Waals surface area contributed by atoms with Crippen LogP contribution in [-0.4, -0.2) is 25.9 Å². The van der Waals surface area contributed by atoms with E-state index in [4.69, 9.17) is 9.47 Å². The SMILES string of the molecule is CCC(=O)N(c1ccccc1)C(C(=O)c1ccc(OC)cc1)c1ccc(OC)cc1. The normalized spacial score (nSPS) is 11.4. The molecule has 0 fully saturated rings. The summed E-state index contributed by atoms with van der Waals surface area (Å²) >= 11 is 0. The molecular formula is C25H25NO4. The van der Waals surface area contributed by atoms with Crippen LogP contribution in [-0.2, 0) is 4.79 Å². The first-order chi connectivity index (χ1) is 14.6. The fraction of sp³-hybridized carbons (Fsp3) is 0.200. The summed E-state index contributed by atoms with van der Waals surface area (Å²) in [6.07, 6.45) is 0.275. The molecule has 0 spiro atoms. The van der Waals surface area contributed by atoms with Gasteiger partial charge in [0.25, 0.3) is 0 Å². The van der Waals surface area contributed by atoms with Crippen molar-refractivity contribution in [3.05, 3.63) is 90.0 Å². The molecule has 154 valence electrons. The predicted molar refractivity (Wildman–Crippen MR) is 117 cm³/mol. The van der Waals surface area contributed by atoms with E-state index >= 15 is 0 Å². The first kappa shape index (κ1) is 21.1. The molecule has 5 heteroatoms. The highest BCUT2D eigenvalue weighted by molar-refractivity contribution is 6.08. The van der Waals surface area contributed by atoms with Crippen LogP contribution in [0.25, 0.3) is 0 Å². The summed E-state index contributed by atoms with van der Waals surface area (Å²) in [5, 5.41) is 0. The topological polar surface area (TPSA) is 55.8 Å². The fourth-order valence-corrected chi connectivity index (χ4v) is 3.31. The lowest BCUT2D eigenvalue weighted by Gasteiger charge is -2.31. The number of benzene rings is 3. The largest absolute Gasteiger partial charge is 0.497 e. The van der Waals surface area contributed by atoms with Gasteiger partial charge in [-0.2, -0.15) is 0 Å². The summed E-state index contributed by atoms with van der Waals surface area (Å²) in [5.41, 5.74) is 1.88. The number of anilines is 1. The van der Waals surface area contributed by atoms with Gasteiger partial charge in [-0.05, 0) is 54.1 Å². The zero-order chi connectivity index (χ0) is 21.5. The van der Waals surface area contributed by atoms with Crippen LogP contribution in [0.3, 0.4) is 0 Å². The smallest absolute Gasteiger partial charge is 0.227 e. The Hall–Kier alpha value is -3.60. The van der Waals surface area contributed by atoms with Crippen molar-refractivity contribution >= 4 is 17.4 Å². The lowest BCUT2D eigenvalue weighted by Crippen LogP contribution is -2.39.